The highest BCUT2D eigenvalue weighted by Gasteiger charge is 2.35. The maximum atomic E-state index is 12.4. The van der Waals surface area contributed by atoms with Gasteiger partial charge in [0.05, 0.1) is 0 Å². The van der Waals surface area contributed by atoms with Crippen LogP contribution in [0.2, 0.25) is 5.15 Å². The van der Waals surface area contributed by atoms with Crippen LogP contribution in [-0.2, 0) is 4.79 Å². The molecule has 21 heavy (non-hydrogen) atoms. The van der Waals surface area contributed by atoms with Crippen LogP contribution in [0.1, 0.15) is 50.3 Å². The summed E-state index contributed by atoms with van der Waals surface area (Å²) in [5.41, 5.74) is 0. The standard InChI is InChI=1S/C15H19ClN4O/c16-12-8-13(19-14(18-12)9-3-4-9)20-7-1-2-11(20)15(21)17-10-5-6-10/h8-11H,1-7H2,(H,17,21). The second-order valence-corrected chi connectivity index (χ2v) is 6.70. The summed E-state index contributed by atoms with van der Waals surface area (Å²) >= 11 is 6.14. The van der Waals surface area contributed by atoms with E-state index in [-0.39, 0.29) is 11.9 Å². The van der Waals surface area contributed by atoms with E-state index >= 15 is 0 Å². The molecule has 6 heteroatoms. The zero-order chi connectivity index (χ0) is 14.4. The molecule has 1 saturated heterocycles. The molecule has 1 unspecified atom stereocenters. The molecule has 2 heterocycles. The average Bonchev–Trinajstić information content (AvgIpc) is 3.37. The first kappa shape index (κ1) is 13.3. The maximum absolute atomic E-state index is 12.4. The molecule has 0 bridgehead atoms. The molecule has 2 saturated carbocycles. The van der Waals surface area contributed by atoms with Gasteiger partial charge in [0, 0.05) is 24.6 Å². The largest absolute Gasteiger partial charge is 0.352 e. The lowest BCUT2D eigenvalue weighted by Gasteiger charge is -2.25. The van der Waals surface area contributed by atoms with Gasteiger partial charge in [0.1, 0.15) is 22.8 Å². The average molecular weight is 307 g/mol. The van der Waals surface area contributed by atoms with Gasteiger partial charge in [-0.3, -0.25) is 4.79 Å². The van der Waals surface area contributed by atoms with Crippen molar-refractivity contribution >= 4 is 23.3 Å². The number of aromatic nitrogens is 2. The van der Waals surface area contributed by atoms with Gasteiger partial charge >= 0.3 is 0 Å². The summed E-state index contributed by atoms with van der Waals surface area (Å²) in [7, 11) is 0. The number of carbonyl (C=O) groups is 1. The van der Waals surface area contributed by atoms with Gasteiger partial charge in [-0.05, 0) is 38.5 Å². The predicted molar refractivity (Wildman–Crippen MR) is 80.5 cm³/mol. The Kier molecular flexibility index (Phi) is 3.25. The summed E-state index contributed by atoms with van der Waals surface area (Å²) in [5.74, 6) is 2.25. The maximum Gasteiger partial charge on any atom is 0.242 e. The highest BCUT2D eigenvalue weighted by Crippen LogP contribution is 2.39. The molecular formula is C15H19ClN4O. The van der Waals surface area contributed by atoms with Crippen molar-refractivity contribution in [2.75, 3.05) is 11.4 Å². The number of halogens is 1. The van der Waals surface area contributed by atoms with E-state index in [1.165, 1.54) is 0 Å². The molecule has 2 aliphatic carbocycles. The Labute approximate surface area is 129 Å². The first-order valence-corrected chi connectivity index (χ1v) is 8.20. The number of nitrogens with zero attached hydrogens (tertiary/aromatic N) is 3. The number of anilines is 1. The normalized spacial score (nSPS) is 25.2. The lowest BCUT2D eigenvalue weighted by molar-refractivity contribution is -0.122. The van der Waals surface area contributed by atoms with Crippen LogP contribution in [0.25, 0.3) is 0 Å². The molecule has 1 aromatic rings. The van der Waals surface area contributed by atoms with Crippen LogP contribution >= 0.6 is 11.6 Å². The van der Waals surface area contributed by atoms with Crippen molar-refractivity contribution in [2.24, 2.45) is 0 Å². The van der Waals surface area contributed by atoms with E-state index in [2.05, 4.69) is 20.2 Å². The Morgan fingerprint density at radius 1 is 1.24 bits per heavy atom. The van der Waals surface area contributed by atoms with E-state index in [0.717, 1.165) is 56.7 Å². The van der Waals surface area contributed by atoms with E-state index in [4.69, 9.17) is 11.6 Å². The number of hydrogen-bond acceptors (Lipinski definition) is 4. The van der Waals surface area contributed by atoms with Gasteiger partial charge in [0.25, 0.3) is 0 Å². The second kappa shape index (κ2) is 5.13. The smallest absolute Gasteiger partial charge is 0.242 e. The summed E-state index contributed by atoms with van der Waals surface area (Å²) in [4.78, 5) is 23.4. The van der Waals surface area contributed by atoms with Crippen LogP contribution in [-0.4, -0.2) is 34.5 Å². The quantitative estimate of drug-likeness (QED) is 0.867. The van der Waals surface area contributed by atoms with Crippen LogP contribution in [0.5, 0.6) is 0 Å². The molecule has 112 valence electrons. The van der Waals surface area contributed by atoms with Crippen LogP contribution in [0.3, 0.4) is 0 Å². The highest BCUT2D eigenvalue weighted by molar-refractivity contribution is 6.29. The van der Waals surface area contributed by atoms with Crippen LogP contribution in [0.15, 0.2) is 6.07 Å². The van der Waals surface area contributed by atoms with Crippen molar-refractivity contribution in [2.45, 2.75) is 56.5 Å². The molecule has 3 aliphatic rings. The minimum atomic E-state index is -0.108. The Balaban J connectivity index is 1.57. The molecule has 1 N–H and O–H groups in total. The Bertz CT molecular complexity index is 571. The fraction of sp³-hybridized carbons (Fsp3) is 0.667. The van der Waals surface area contributed by atoms with Gasteiger partial charge in [0.15, 0.2) is 0 Å². The molecule has 3 fully saturated rings. The Hall–Kier alpha value is -1.36. The predicted octanol–water partition coefficient (Wildman–Crippen LogP) is 2.25. The van der Waals surface area contributed by atoms with E-state index in [9.17, 15) is 4.79 Å². The van der Waals surface area contributed by atoms with Gasteiger partial charge in [-0.25, -0.2) is 9.97 Å². The molecule has 1 aliphatic heterocycles. The van der Waals surface area contributed by atoms with Gasteiger partial charge < -0.3 is 10.2 Å². The van der Waals surface area contributed by atoms with Crippen molar-refractivity contribution in [3.8, 4) is 0 Å². The van der Waals surface area contributed by atoms with Crippen molar-refractivity contribution in [1.82, 2.24) is 15.3 Å². The minimum absolute atomic E-state index is 0.108. The molecule has 5 nitrogen and oxygen atoms in total. The van der Waals surface area contributed by atoms with Crippen molar-refractivity contribution < 1.29 is 4.79 Å². The second-order valence-electron chi connectivity index (χ2n) is 6.32. The van der Waals surface area contributed by atoms with Gasteiger partial charge in [-0.15, -0.1) is 0 Å². The third kappa shape index (κ3) is 2.84. The molecule has 1 atom stereocenters. The van der Waals surface area contributed by atoms with Gasteiger partial charge in [0.2, 0.25) is 5.91 Å². The summed E-state index contributed by atoms with van der Waals surface area (Å²) in [6.45, 7) is 0.861. The summed E-state index contributed by atoms with van der Waals surface area (Å²) < 4.78 is 0. The third-order valence-electron chi connectivity index (χ3n) is 4.41. The highest BCUT2D eigenvalue weighted by atomic mass is 35.5. The summed E-state index contributed by atoms with van der Waals surface area (Å²) in [6, 6.07) is 2.08. The zero-order valence-corrected chi connectivity index (χ0v) is 12.6. The molecule has 0 radical (unpaired) electrons. The topological polar surface area (TPSA) is 58.1 Å². The first-order chi connectivity index (χ1) is 10.2. The number of carbonyl (C=O) groups excluding carboxylic acids is 1. The SMILES string of the molecule is O=C(NC1CC1)C1CCCN1c1cc(Cl)nc(C2CC2)n1. The number of nitrogens with one attached hydrogen (secondary N) is 1. The van der Waals surface area contributed by atoms with Crippen LogP contribution in [0.4, 0.5) is 5.82 Å². The van der Waals surface area contributed by atoms with Crippen molar-refractivity contribution in [3.05, 3.63) is 17.0 Å². The summed E-state index contributed by atoms with van der Waals surface area (Å²) in [6.07, 6.45) is 6.42. The Morgan fingerprint density at radius 3 is 2.76 bits per heavy atom. The van der Waals surface area contributed by atoms with E-state index in [1.54, 1.807) is 6.07 Å². The Morgan fingerprint density at radius 2 is 2.05 bits per heavy atom. The molecule has 4 rings (SSSR count). The molecule has 0 aromatic carbocycles. The fourth-order valence-electron chi connectivity index (χ4n) is 2.93. The monoisotopic (exact) mass is 306 g/mol. The number of rotatable bonds is 4. The van der Waals surface area contributed by atoms with Crippen molar-refractivity contribution in [1.29, 1.82) is 0 Å². The lowest BCUT2D eigenvalue weighted by Crippen LogP contribution is -2.44. The third-order valence-corrected chi connectivity index (χ3v) is 4.61. The van der Waals surface area contributed by atoms with Gasteiger partial charge in [-0.1, -0.05) is 11.6 Å². The summed E-state index contributed by atoms with van der Waals surface area (Å²) in [5, 5.41) is 3.58. The fourth-order valence-corrected chi connectivity index (χ4v) is 3.12. The number of amides is 1. The lowest BCUT2D eigenvalue weighted by atomic mass is 10.2. The van der Waals surface area contributed by atoms with Gasteiger partial charge in [-0.2, -0.15) is 0 Å². The van der Waals surface area contributed by atoms with E-state index < -0.39 is 0 Å². The van der Waals surface area contributed by atoms with Crippen molar-refractivity contribution in [3.63, 3.8) is 0 Å². The van der Waals surface area contributed by atoms with E-state index in [0.29, 0.717) is 17.1 Å². The van der Waals surface area contributed by atoms with E-state index in [1.807, 2.05) is 0 Å². The van der Waals surface area contributed by atoms with Crippen LogP contribution in [0, 0.1) is 0 Å². The zero-order valence-electron chi connectivity index (χ0n) is 11.9. The van der Waals surface area contributed by atoms with Crippen LogP contribution < -0.4 is 10.2 Å². The first-order valence-electron chi connectivity index (χ1n) is 7.82. The number of hydrogen-bond donors (Lipinski definition) is 1. The minimum Gasteiger partial charge on any atom is -0.352 e. The molecule has 1 aromatic heterocycles. The molecular weight excluding hydrogens is 288 g/mol. The molecule has 1 amide bonds. The molecule has 0 spiro atoms.